The first kappa shape index (κ1) is 25.2. The molecule has 1 spiro atoms. The van der Waals surface area contributed by atoms with E-state index in [-0.39, 0.29) is 11.3 Å². The molecule has 6 rings (SSSR count). The van der Waals surface area contributed by atoms with Crippen LogP contribution in [0.4, 0.5) is 11.4 Å². The zero-order chi connectivity index (χ0) is 26.4. The van der Waals surface area contributed by atoms with Gasteiger partial charge in [0.25, 0.3) is 5.91 Å². The van der Waals surface area contributed by atoms with Crippen molar-refractivity contribution in [3.63, 3.8) is 0 Å². The van der Waals surface area contributed by atoms with Gasteiger partial charge in [0.2, 0.25) is 0 Å². The fourth-order valence-electron chi connectivity index (χ4n) is 7.23. The molecule has 3 aliphatic rings. The van der Waals surface area contributed by atoms with Crippen molar-refractivity contribution in [3.8, 4) is 0 Å². The number of anilines is 2. The van der Waals surface area contributed by atoms with E-state index in [4.69, 9.17) is 17.3 Å². The molecule has 2 aliphatic carbocycles. The number of nitrogens with one attached hydrogen (secondary N) is 1. The molecule has 4 nitrogen and oxygen atoms in total. The number of rotatable bonds is 4. The van der Waals surface area contributed by atoms with Gasteiger partial charge < -0.3 is 16.0 Å². The zero-order valence-electron chi connectivity index (χ0n) is 22.2. The summed E-state index contributed by atoms with van der Waals surface area (Å²) in [5.74, 6) is 0.971. The minimum atomic E-state index is -0.170. The largest absolute Gasteiger partial charge is 0.397 e. The lowest BCUT2D eigenvalue weighted by molar-refractivity contribution is 0.0898. The minimum Gasteiger partial charge on any atom is -0.397 e. The average molecular weight is 526 g/mol. The highest BCUT2D eigenvalue weighted by Gasteiger charge is 2.45. The Morgan fingerprint density at radius 2 is 1.95 bits per heavy atom. The minimum absolute atomic E-state index is 0.170. The maximum absolute atomic E-state index is 12.9. The molecule has 4 atom stereocenters. The molecule has 196 valence electrons. The van der Waals surface area contributed by atoms with Gasteiger partial charge in [-0.1, -0.05) is 61.0 Å². The second-order valence-electron chi connectivity index (χ2n) is 11.5. The van der Waals surface area contributed by atoms with Crippen LogP contribution in [-0.2, 0) is 5.41 Å². The number of nitrogen functional groups attached to an aromatic ring is 1. The van der Waals surface area contributed by atoms with Gasteiger partial charge >= 0.3 is 0 Å². The standard InChI is InChI=1S/C33H36ClN3O/c1-21-17-25(32(38)36-31-19-26(34)9-12-30(31)35)8-11-28(21)24-7-10-27(18-24)37-16-15-33(22(2)20-37)14-13-23-5-3-4-6-29(23)33/h3-6,8-9,11-14,17,19,22,24,27H,7,10,15-16,18,20,35H2,1-2H3,(H,36,38). The Hall–Kier alpha value is -3.08. The van der Waals surface area contributed by atoms with Crippen molar-refractivity contribution in [3.05, 3.63) is 99.6 Å². The van der Waals surface area contributed by atoms with Crippen LogP contribution in [-0.4, -0.2) is 29.9 Å². The smallest absolute Gasteiger partial charge is 0.255 e. The predicted octanol–water partition coefficient (Wildman–Crippen LogP) is 7.43. The lowest BCUT2D eigenvalue weighted by Crippen LogP contribution is -2.50. The summed E-state index contributed by atoms with van der Waals surface area (Å²) in [6.45, 7) is 6.88. The summed E-state index contributed by atoms with van der Waals surface area (Å²) in [7, 11) is 0. The number of nitrogens with zero attached hydrogens (tertiary/aromatic N) is 1. The number of aryl methyl sites for hydroxylation is 1. The van der Waals surface area contributed by atoms with Crippen molar-refractivity contribution in [2.75, 3.05) is 24.1 Å². The number of allylic oxidation sites excluding steroid dienone is 1. The third kappa shape index (κ3) is 4.44. The number of likely N-dealkylation sites (tertiary alicyclic amines) is 1. The molecule has 3 aromatic rings. The van der Waals surface area contributed by atoms with Gasteiger partial charge in [-0.3, -0.25) is 4.79 Å². The molecular formula is C33H36ClN3O. The van der Waals surface area contributed by atoms with Crippen LogP contribution in [0, 0.1) is 12.8 Å². The highest BCUT2D eigenvalue weighted by molar-refractivity contribution is 6.31. The fraction of sp³-hybridized carbons (Fsp3) is 0.364. The van der Waals surface area contributed by atoms with Crippen LogP contribution in [0.25, 0.3) is 6.08 Å². The van der Waals surface area contributed by atoms with Crippen molar-refractivity contribution in [1.82, 2.24) is 4.90 Å². The van der Waals surface area contributed by atoms with E-state index in [0.717, 1.165) is 13.1 Å². The van der Waals surface area contributed by atoms with Crippen LogP contribution in [0.5, 0.6) is 0 Å². The summed E-state index contributed by atoms with van der Waals surface area (Å²) < 4.78 is 0. The van der Waals surface area contributed by atoms with Crippen LogP contribution in [0.3, 0.4) is 0 Å². The van der Waals surface area contributed by atoms with E-state index >= 15 is 0 Å². The van der Waals surface area contributed by atoms with E-state index in [0.29, 0.717) is 39.8 Å². The molecule has 1 aliphatic heterocycles. The number of hydrogen-bond donors (Lipinski definition) is 2. The molecule has 3 N–H and O–H groups in total. The maximum Gasteiger partial charge on any atom is 0.255 e. The first-order valence-electron chi connectivity index (χ1n) is 13.8. The van der Waals surface area contributed by atoms with Crippen molar-refractivity contribution in [1.29, 1.82) is 0 Å². The molecule has 0 bridgehead atoms. The molecule has 3 aromatic carbocycles. The summed E-state index contributed by atoms with van der Waals surface area (Å²) in [5.41, 5.74) is 13.4. The number of carbonyl (C=O) groups excluding carboxylic acids is 1. The first-order valence-corrected chi connectivity index (χ1v) is 14.2. The number of fused-ring (bicyclic) bond motifs is 2. The van der Waals surface area contributed by atoms with Gasteiger partial charge in [-0.15, -0.1) is 0 Å². The summed E-state index contributed by atoms with van der Waals surface area (Å²) in [6.07, 6.45) is 9.66. The van der Waals surface area contributed by atoms with Crippen LogP contribution in [0.2, 0.25) is 5.02 Å². The number of halogens is 1. The van der Waals surface area contributed by atoms with Gasteiger partial charge in [-0.25, -0.2) is 0 Å². The summed E-state index contributed by atoms with van der Waals surface area (Å²) in [5, 5.41) is 3.45. The van der Waals surface area contributed by atoms with E-state index in [2.05, 4.69) is 66.5 Å². The van der Waals surface area contributed by atoms with Crippen molar-refractivity contribution in [2.24, 2.45) is 5.92 Å². The molecule has 2 fully saturated rings. The van der Waals surface area contributed by atoms with E-state index in [9.17, 15) is 4.79 Å². The fourth-order valence-corrected chi connectivity index (χ4v) is 7.40. The quantitative estimate of drug-likeness (QED) is 0.348. The highest BCUT2D eigenvalue weighted by Crippen LogP contribution is 2.48. The van der Waals surface area contributed by atoms with Gasteiger partial charge in [0.15, 0.2) is 0 Å². The van der Waals surface area contributed by atoms with E-state index in [1.165, 1.54) is 47.9 Å². The highest BCUT2D eigenvalue weighted by atomic mass is 35.5. The Labute approximate surface area is 230 Å². The van der Waals surface area contributed by atoms with Crippen molar-refractivity contribution < 1.29 is 4.79 Å². The summed E-state index contributed by atoms with van der Waals surface area (Å²) in [4.78, 5) is 15.7. The second-order valence-corrected chi connectivity index (χ2v) is 12.0. The Balaban J connectivity index is 1.11. The Kier molecular flexibility index (Phi) is 6.57. The molecule has 4 unspecified atom stereocenters. The third-order valence-electron chi connectivity index (χ3n) is 9.38. The topological polar surface area (TPSA) is 58.4 Å². The Morgan fingerprint density at radius 3 is 2.76 bits per heavy atom. The number of carbonyl (C=O) groups is 1. The lowest BCUT2D eigenvalue weighted by atomic mass is 9.68. The van der Waals surface area contributed by atoms with Gasteiger partial charge in [0.05, 0.1) is 11.4 Å². The average Bonchev–Trinajstić information content (AvgIpc) is 3.54. The van der Waals surface area contributed by atoms with Crippen molar-refractivity contribution >= 4 is 35.0 Å². The number of amides is 1. The lowest BCUT2D eigenvalue weighted by Gasteiger charge is -2.46. The molecule has 38 heavy (non-hydrogen) atoms. The van der Waals surface area contributed by atoms with Gasteiger partial charge in [0.1, 0.15) is 0 Å². The molecule has 0 radical (unpaired) electrons. The second kappa shape index (κ2) is 9.91. The van der Waals surface area contributed by atoms with E-state index in [1.54, 1.807) is 18.2 Å². The van der Waals surface area contributed by atoms with Crippen LogP contribution < -0.4 is 11.1 Å². The number of piperidine rings is 1. The molecule has 5 heteroatoms. The predicted molar refractivity (Wildman–Crippen MR) is 158 cm³/mol. The molecule has 0 aromatic heterocycles. The van der Waals surface area contributed by atoms with Gasteiger partial charge in [-0.2, -0.15) is 0 Å². The maximum atomic E-state index is 12.9. The molecular weight excluding hydrogens is 490 g/mol. The number of hydrogen-bond acceptors (Lipinski definition) is 3. The number of benzene rings is 3. The number of nitrogens with two attached hydrogens (primary N) is 1. The van der Waals surface area contributed by atoms with Gasteiger partial charge in [0, 0.05) is 28.6 Å². The Bertz CT molecular complexity index is 1420. The SMILES string of the molecule is Cc1cc(C(=O)Nc2cc(Cl)ccc2N)ccc1C1CCC(N2CCC3(C=Cc4ccccc43)C(C)C2)C1. The van der Waals surface area contributed by atoms with Gasteiger partial charge in [-0.05, 0) is 104 Å². The summed E-state index contributed by atoms with van der Waals surface area (Å²) in [6, 6.07) is 20.8. The third-order valence-corrected chi connectivity index (χ3v) is 9.61. The molecule has 1 saturated heterocycles. The zero-order valence-corrected chi connectivity index (χ0v) is 23.0. The van der Waals surface area contributed by atoms with E-state index < -0.39 is 0 Å². The van der Waals surface area contributed by atoms with Crippen LogP contribution in [0.1, 0.15) is 71.1 Å². The van der Waals surface area contributed by atoms with Crippen LogP contribution >= 0.6 is 11.6 Å². The summed E-state index contributed by atoms with van der Waals surface area (Å²) >= 11 is 6.08. The monoisotopic (exact) mass is 525 g/mol. The normalized spacial score (nSPS) is 26.6. The molecule has 1 amide bonds. The molecule has 1 heterocycles. The van der Waals surface area contributed by atoms with E-state index in [1.807, 2.05) is 12.1 Å². The molecule has 1 saturated carbocycles. The first-order chi connectivity index (χ1) is 18.3. The Morgan fingerprint density at radius 1 is 1.11 bits per heavy atom. The van der Waals surface area contributed by atoms with Crippen molar-refractivity contribution in [2.45, 2.75) is 56.9 Å². The van der Waals surface area contributed by atoms with Crippen LogP contribution in [0.15, 0.2) is 66.7 Å².